The van der Waals surface area contributed by atoms with Gasteiger partial charge in [0.1, 0.15) is 10.4 Å². The number of methoxy groups -OCH3 is 1. The number of hydrogen-bond donors (Lipinski definition) is 0. The lowest BCUT2D eigenvalue weighted by Gasteiger charge is -2.36. The van der Waals surface area contributed by atoms with Crippen LogP contribution >= 0.6 is 11.3 Å². The molecule has 3 heterocycles. The molecule has 0 radical (unpaired) electrons. The molecule has 4 rings (SSSR count). The van der Waals surface area contributed by atoms with Crippen molar-refractivity contribution < 1.29 is 9.53 Å². The maximum absolute atomic E-state index is 13.1. The molecule has 1 saturated heterocycles. The van der Waals surface area contributed by atoms with Crippen LogP contribution in [0.4, 0.5) is 11.6 Å². The van der Waals surface area contributed by atoms with Gasteiger partial charge in [0.2, 0.25) is 11.9 Å². The number of piperazine rings is 1. The van der Waals surface area contributed by atoms with Gasteiger partial charge in [-0.25, -0.2) is 4.98 Å². The summed E-state index contributed by atoms with van der Waals surface area (Å²) in [6.07, 6.45) is 0.287. The molecule has 0 spiro atoms. The Balaban J connectivity index is 1.42. The summed E-state index contributed by atoms with van der Waals surface area (Å²) in [5.41, 5.74) is 1.80. The summed E-state index contributed by atoms with van der Waals surface area (Å²) in [4.78, 5) is 37.1. The van der Waals surface area contributed by atoms with Crippen molar-refractivity contribution in [3.8, 4) is 5.75 Å². The Morgan fingerprint density at radius 1 is 1.09 bits per heavy atom. The molecule has 0 saturated carbocycles. The number of carbonyl (C=O) groups excluding carboxylic acids is 1. The van der Waals surface area contributed by atoms with Crippen LogP contribution in [0.5, 0.6) is 5.75 Å². The van der Waals surface area contributed by atoms with Crippen LogP contribution in [0.2, 0.25) is 0 Å². The van der Waals surface area contributed by atoms with Crippen molar-refractivity contribution in [2.75, 3.05) is 56.2 Å². The van der Waals surface area contributed by atoms with E-state index in [2.05, 4.69) is 9.80 Å². The van der Waals surface area contributed by atoms with E-state index in [1.54, 1.807) is 11.7 Å². The number of nitrogens with zero attached hydrogens (tertiary/aromatic N) is 5. The third-order valence-electron chi connectivity index (χ3n) is 6.21. The minimum Gasteiger partial charge on any atom is -0.497 e. The van der Waals surface area contributed by atoms with E-state index >= 15 is 0 Å². The predicted octanol–water partition coefficient (Wildman–Crippen LogP) is 3.05. The summed E-state index contributed by atoms with van der Waals surface area (Å²) in [7, 11) is 1.66. The van der Waals surface area contributed by atoms with E-state index in [1.165, 1.54) is 11.3 Å². The number of thiophene rings is 1. The molecule has 0 N–H and O–H groups in total. The molecule has 0 aliphatic carbocycles. The zero-order valence-corrected chi connectivity index (χ0v) is 20.3. The van der Waals surface area contributed by atoms with Gasteiger partial charge in [-0.3, -0.25) is 14.2 Å². The van der Waals surface area contributed by atoms with Crippen LogP contribution in [0.1, 0.15) is 20.3 Å². The summed E-state index contributed by atoms with van der Waals surface area (Å²) in [6.45, 7) is 8.84. The number of benzene rings is 1. The normalized spacial score (nSPS) is 14.0. The lowest BCUT2D eigenvalue weighted by atomic mass is 10.2. The molecule has 1 amide bonds. The second kappa shape index (κ2) is 10.2. The van der Waals surface area contributed by atoms with Crippen LogP contribution in [0.15, 0.2) is 40.5 Å². The molecule has 9 heteroatoms. The van der Waals surface area contributed by atoms with Crippen LogP contribution in [-0.4, -0.2) is 66.7 Å². The van der Waals surface area contributed by atoms with Crippen LogP contribution in [0, 0.1) is 0 Å². The van der Waals surface area contributed by atoms with Gasteiger partial charge >= 0.3 is 0 Å². The fourth-order valence-corrected chi connectivity index (χ4v) is 5.03. The molecule has 0 atom stereocenters. The molecule has 1 aromatic carbocycles. The van der Waals surface area contributed by atoms with E-state index < -0.39 is 0 Å². The molecule has 0 unspecified atom stereocenters. The van der Waals surface area contributed by atoms with E-state index in [4.69, 9.17) is 9.72 Å². The van der Waals surface area contributed by atoms with Crippen molar-refractivity contribution in [1.82, 2.24) is 14.5 Å². The van der Waals surface area contributed by atoms with Crippen molar-refractivity contribution in [1.29, 1.82) is 0 Å². The Kier molecular flexibility index (Phi) is 7.17. The van der Waals surface area contributed by atoms with Gasteiger partial charge in [-0.2, -0.15) is 0 Å². The molecular weight excluding hydrogens is 438 g/mol. The third kappa shape index (κ3) is 4.83. The van der Waals surface area contributed by atoms with E-state index in [9.17, 15) is 9.59 Å². The number of ether oxygens (including phenoxy) is 1. The smallest absolute Gasteiger partial charge is 0.272 e. The fourth-order valence-electron chi connectivity index (χ4n) is 4.25. The van der Waals surface area contributed by atoms with Gasteiger partial charge in [0.15, 0.2) is 0 Å². The Morgan fingerprint density at radius 3 is 2.42 bits per heavy atom. The SMILES string of the molecule is CCN(CC)c1nc2ccsc2c(=O)n1CCC(=O)N1CCN(c2ccc(OC)cc2)CC1. The Bertz CT molecular complexity index is 1150. The van der Waals surface area contributed by atoms with Gasteiger partial charge in [-0.1, -0.05) is 0 Å². The molecule has 1 aliphatic heterocycles. The van der Waals surface area contributed by atoms with E-state index in [0.717, 1.165) is 43.1 Å². The second-order valence-corrected chi connectivity index (χ2v) is 8.91. The third-order valence-corrected chi connectivity index (χ3v) is 7.10. The van der Waals surface area contributed by atoms with Crippen molar-refractivity contribution in [2.45, 2.75) is 26.8 Å². The van der Waals surface area contributed by atoms with Crippen molar-refractivity contribution >= 4 is 39.1 Å². The molecule has 2 aromatic heterocycles. The van der Waals surface area contributed by atoms with E-state index in [1.807, 2.05) is 54.5 Å². The molecule has 33 heavy (non-hydrogen) atoms. The lowest BCUT2D eigenvalue weighted by molar-refractivity contribution is -0.131. The largest absolute Gasteiger partial charge is 0.497 e. The minimum atomic E-state index is -0.0611. The minimum absolute atomic E-state index is 0.0611. The van der Waals surface area contributed by atoms with Gasteiger partial charge < -0.3 is 19.4 Å². The van der Waals surface area contributed by atoms with Crippen LogP contribution in [0.25, 0.3) is 10.2 Å². The fraction of sp³-hybridized carbons (Fsp3) is 0.458. The topological polar surface area (TPSA) is 70.9 Å². The predicted molar refractivity (Wildman–Crippen MR) is 134 cm³/mol. The van der Waals surface area contributed by atoms with Crippen LogP contribution in [-0.2, 0) is 11.3 Å². The first-order chi connectivity index (χ1) is 16.0. The summed E-state index contributed by atoms with van der Waals surface area (Å²) in [5.74, 6) is 1.56. The highest BCUT2D eigenvalue weighted by Crippen LogP contribution is 2.22. The van der Waals surface area contributed by atoms with Crippen molar-refractivity contribution in [3.05, 3.63) is 46.1 Å². The highest BCUT2D eigenvalue weighted by Gasteiger charge is 2.23. The van der Waals surface area contributed by atoms with Crippen LogP contribution in [0.3, 0.4) is 0 Å². The number of aromatic nitrogens is 2. The summed E-state index contributed by atoms with van der Waals surface area (Å²) in [6, 6.07) is 9.88. The van der Waals surface area contributed by atoms with Crippen LogP contribution < -0.4 is 20.1 Å². The summed E-state index contributed by atoms with van der Waals surface area (Å²) in [5, 5.41) is 1.89. The quantitative estimate of drug-likeness (QED) is 0.505. The first-order valence-corrected chi connectivity index (χ1v) is 12.3. The number of carbonyl (C=O) groups is 1. The molecular formula is C24H31N5O3S. The maximum atomic E-state index is 13.1. The molecule has 1 fully saturated rings. The number of fused-ring (bicyclic) bond motifs is 1. The lowest BCUT2D eigenvalue weighted by Crippen LogP contribution is -2.49. The first kappa shape index (κ1) is 23.1. The Morgan fingerprint density at radius 2 is 1.79 bits per heavy atom. The summed E-state index contributed by atoms with van der Waals surface area (Å²) >= 11 is 1.40. The molecule has 176 valence electrons. The van der Waals surface area contributed by atoms with Crippen molar-refractivity contribution in [3.63, 3.8) is 0 Å². The number of rotatable bonds is 8. The van der Waals surface area contributed by atoms with Gasteiger partial charge in [0.25, 0.3) is 5.56 Å². The summed E-state index contributed by atoms with van der Waals surface area (Å²) < 4.78 is 7.55. The number of hydrogen-bond acceptors (Lipinski definition) is 7. The monoisotopic (exact) mass is 469 g/mol. The highest BCUT2D eigenvalue weighted by molar-refractivity contribution is 7.17. The molecule has 0 bridgehead atoms. The Labute approximate surface area is 198 Å². The van der Waals surface area contributed by atoms with Gasteiger partial charge in [-0.15, -0.1) is 11.3 Å². The van der Waals surface area contributed by atoms with E-state index in [0.29, 0.717) is 30.3 Å². The zero-order valence-electron chi connectivity index (χ0n) is 19.5. The zero-order chi connectivity index (χ0) is 23.4. The molecule has 1 aliphatic rings. The van der Waals surface area contributed by atoms with Gasteiger partial charge in [0, 0.05) is 57.9 Å². The van der Waals surface area contributed by atoms with E-state index in [-0.39, 0.29) is 17.9 Å². The van der Waals surface area contributed by atoms with Gasteiger partial charge in [-0.05, 0) is 49.6 Å². The second-order valence-electron chi connectivity index (χ2n) is 7.99. The highest BCUT2D eigenvalue weighted by atomic mass is 32.1. The number of anilines is 2. The van der Waals surface area contributed by atoms with Crippen molar-refractivity contribution in [2.24, 2.45) is 0 Å². The number of amides is 1. The molecule has 8 nitrogen and oxygen atoms in total. The molecule has 3 aromatic rings. The maximum Gasteiger partial charge on any atom is 0.272 e. The standard InChI is InChI=1S/C24H31N5O3S/c1-4-26(5-2)24-25-20-11-17-33-22(20)23(31)29(24)12-10-21(30)28-15-13-27(14-16-28)18-6-8-19(32-3)9-7-18/h6-9,11,17H,4-5,10,12-16H2,1-3H3. The Hall–Kier alpha value is -3.07. The average molecular weight is 470 g/mol. The average Bonchev–Trinajstić information content (AvgIpc) is 3.33. The first-order valence-electron chi connectivity index (χ1n) is 11.5. The van der Waals surface area contributed by atoms with Gasteiger partial charge in [0.05, 0.1) is 12.6 Å².